The Kier molecular flexibility index (Phi) is 6.50. The highest BCUT2D eigenvalue weighted by Gasteiger charge is 2.23. The summed E-state index contributed by atoms with van der Waals surface area (Å²) in [5, 5.41) is 4.79. The van der Waals surface area contributed by atoms with E-state index in [1.54, 1.807) is 0 Å². The predicted molar refractivity (Wildman–Crippen MR) is 83.5 cm³/mol. The van der Waals surface area contributed by atoms with Gasteiger partial charge in [0.25, 0.3) is 0 Å². The lowest BCUT2D eigenvalue weighted by atomic mass is 10.0. The van der Waals surface area contributed by atoms with Gasteiger partial charge in [0.1, 0.15) is 0 Å². The first-order chi connectivity index (χ1) is 8.38. The molecule has 2 atom stereocenters. The van der Waals surface area contributed by atoms with Crippen LogP contribution in [0, 0.1) is 11.8 Å². The first kappa shape index (κ1) is 15.8. The average molecular weight is 271 g/mol. The van der Waals surface area contributed by atoms with Gasteiger partial charge in [0.15, 0.2) is 5.17 Å². The fraction of sp³-hybridized carbons (Fsp3) is 0.929. The van der Waals surface area contributed by atoms with Crippen molar-refractivity contribution < 1.29 is 0 Å². The summed E-state index contributed by atoms with van der Waals surface area (Å²) < 4.78 is 0. The Morgan fingerprint density at radius 2 is 2.00 bits per heavy atom. The molecule has 0 saturated carbocycles. The summed E-state index contributed by atoms with van der Waals surface area (Å²) in [5.74, 6) is 2.50. The van der Waals surface area contributed by atoms with E-state index < -0.39 is 0 Å². The van der Waals surface area contributed by atoms with Crippen molar-refractivity contribution in [1.82, 2.24) is 10.2 Å². The predicted octanol–water partition coefficient (Wildman–Crippen LogP) is 2.68. The van der Waals surface area contributed by atoms with Gasteiger partial charge in [-0.05, 0) is 32.4 Å². The molecule has 106 valence electrons. The topological polar surface area (TPSA) is 27.6 Å². The van der Waals surface area contributed by atoms with Gasteiger partial charge in [-0.2, -0.15) is 0 Å². The maximum Gasteiger partial charge on any atom is 0.157 e. The zero-order valence-corrected chi connectivity index (χ0v) is 13.5. The highest BCUT2D eigenvalue weighted by Crippen LogP contribution is 2.22. The molecule has 0 spiro atoms. The van der Waals surface area contributed by atoms with Gasteiger partial charge < -0.3 is 10.2 Å². The zero-order valence-electron chi connectivity index (χ0n) is 12.7. The largest absolute Gasteiger partial charge is 0.361 e. The molecule has 0 aromatic carbocycles. The van der Waals surface area contributed by atoms with E-state index in [0.29, 0.717) is 18.0 Å². The Bertz CT molecular complexity index is 264. The van der Waals surface area contributed by atoms with Gasteiger partial charge in [-0.15, -0.1) is 0 Å². The number of aliphatic imine (C=N–C) groups is 1. The SMILES string of the molecule is CC(C)CC(CN(C)C)NC1=NC(C(C)C)CS1. The minimum absolute atomic E-state index is 0.497. The Balaban J connectivity index is 2.52. The minimum atomic E-state index is 0.497. The number of hydrogen-bond acceptors (Lipinski definition) is 4. The van der Waals surface area contributed by atoms with Crippen LogP contribution in [0.3, 0.4) is 0 Å². The smallest absolute Gasteiger partial charge is 0.157 e. The fourth-order valence-electron chi connectivity index (χ4n) is 2.17. The highest BCUT2D eigenvalue weighted by molar-refractivity contribution is 8.14. The summed E-state index contributed by atoms with van der Waals surface area (Å²) in [6.07, 6.45) is 1.20. The number of thioether (sulfide) groups is 1. The Morgan fingerprint density at radius 1 is 1.33 bits per heavy atom. The summed E-state index contributed by atoms with van der Waals surface area (Å²) in [6.45, 7) is 10.1. The van der Waals surface area contributed by atoms with Crippen molar-refractivity contribution in [2.75, 3.05) is 26.4 Å². The monoisotopic (exact) mass is 271 g/mol. The maximum absolute atomic E-state index is 4.79. The van der Waals surface area contributed by atoms with E-state index in [1.807, 2.05) is 11.8 Å². The van der Waals surface area contributed by atoms with E-state index in [4.69, 9.17) is 4.99 Å². The molecule has 0 aromatic heterocycles. The summed E-state index contributed by atoms with van der Waals surface area (Å²) in [6, 6.07) is 1.01. The van der Waals surface area contributed by atoms with Crippen LogP contribution in [0.15, 0.2) is 4.99 Å². The molecule has 3 nitrogen and oxygen atoms in total. The lowest BCUT2D eigenvalue weighted by Crippen LogP contribution is -2.41. The molecule has 18 heavy (non-hydrogen) atoms. The van der Waals surface area contributed by atoms with E-state index >= 15 is 0 Å². The quantitative estimate of drug-likeness (QED) is 0.805. The van der Waals surface area contributed by atoms with Gasteiger partial charge in [-0.25, -0.2) is 0 Å². The van der Waals surface area contributed by atoms with E-state index in [1.165, 1.54) is 6.42 Å². The number of nitrogens with one attached hydrogen (secondary N) is 1. The molecule has 1 rings (SSSR count). The van der Waals surface area contributed by atoms with Gasteiger partial charge >= 0.3 is 0 Å². The van der Waals surface area contributed by atoms with E-state index in [0.717, 1.165) is 23.4 Å². The third-order valence-electron chi connectivity index (χ3n) is 3.11. The molecule has 0 bridgehead atoms. The summed E-state index contributed by atoms with van der Waals surface area (Å²) in [7, 11) is 4.27. The zero-order chi connectivity index (χ0) is 13.7. The van der Waals surface area contributed by atoms with E-state index in [2.05, 4.69) is 52.0 Å². The molecule has 0 aliphatic carbocycles. The van der Waals surface area contributed by atoms with Crippen LogP contribution >= 0.6 is 11.8 Å². The number of amidine groups is 1. The molecule has 0 aromatic rings. The maximum atomic E-state index is 4.79. The molecule has 2 unspecified atom stereocenters. The molecular weight excluding hydrogens is 242 g/mol. The number of likely N-dealkylation sites (N-methyl/N-ethyl adjacent to an activating group) is 1. The Morgan fingerprint density at radius 3 is 2.44 bits per heavy atom. The molecule has 1 aliphatic heterocycles. The van der Waals surface area contributed by atoms with Gasteiger partial charge in [0, 0.05) is 18.3 Å². The van der Waals surface area contributed by atoms with E-state index in [-0.39, 0.29) is 0 Å². The highest BCUT2D eigenvalue weighted by atomic mass is 32.2. The lowest BCUT2D eigenvalue weighted by molar-refractivity contribution is 0.329. The van der Waals surface area contributed by atoms with Crippen molar-refractivity contribution >= 4 is 16.9 Å². The third-order valence-corrected chi connectivity index (χ3v) is 4.12. The Labute approximate surface area is 117 Å². The normalized spacial score (nSPS) is 21.8. The van der Waals surface area contributed by atoms with Crippen LogP contribution in [0.4, 0.5) is 0 Å². The van der Waals surface area contributed by atoms with Gasteiger partial charge in [-0.1, -0.05) is 39.5 Å². The van der Waals surface area contributed by atoms with Crippen molar-refractivity contribution in [2.24, 2.45) is 16.8 Å². The molecule has 0 fully saturated rings. The van der Waals surface area contributed by atoms with Crippen LogP contribution in [-0.2, 0) is 0 Å². The van der Waals surface area contributed by atoms with Crippen LogP contribution in [0.1, 0.15) is 34.1 Å². The number of hydrogen-bond donors (Lipinski definition) is 1. The van der Waals surface area contributed by atoms with Crippen LogP contribution in [-0.4, -0.2) is 48.5 Å². The molecule has 1 heterocycles. The second-order valence-corrected chi connectivity index (χ2v) is 7.30. The first-order valence-corrected chi connectivity index (χ1v) is 7.99. The summed E-state index contributed by atoms with van der Waals surface area (Å²) in [4.78, 5) is 7.04. The van der Waals surface area contributed by atoms with Gasteiger partial charge in [0.05, 0.1) is 6.04 Å². The van der Waals surface area contributed by atoms with Crippen LogP contribution in [0.5, 0.6) is 0 Å². The third kappa shape index (κ3) is 5.61. The summed E-state index contributed by atoms with van der Waals surface area (Å²) >= 11 is 1.88. The van der Waals surface area contributed by atoms with Gasteiger partial charge in [0.2, 0.25) is 0 Å². The lowest BCUT2D eigenvalue weighted by Gasteiger charge is -2.24. The second kappa shape index (κ2) is 7.39. The average Bonchev–Trinajstić information content (AvgIpc) is 2.63. The van der Waals surface area contributed by atoms with Crippen LogP contribution < -0.4 is 5.32 Å². The van der Waals surface area contributed by atoms with Crippen molar-refractivity contribution in [3.63, 3.8) is 0 Å². The molecule has 0 saturated heterocycles. The molecule has 1 N–H and O–H groups in total. The molecule has 4 heteroatoms. The van der Waals surface area contributed by atoms with Gasteiger partial charge in [-0.3, -0.25) is 4.99 Å². The number of nitrogens with zero attached hydrogens (tertiary/aromatic N) is 2. The minimum Gasteiger partial charge on any atom is -0.361 e. The molecular formula is C14H29N3S. The number of rotatable bonds is 6. The Hall–Kier alpha value is -0.220. The molecule has 1 aliphatic rings. The molecule has 0 radical (unpaired) electrons. The van der Waals surface area contributed by atoms with Crippen LogP contribution in [0.2, 0.25) is 0 Å². The van der Waals surface area contributed by atoms with Crippen molar-refractivity contribution in [2.45, 2.75) is 46.2 Å². The standard InChI is InChI=1S/C14H29N3S/c1-10(2)7-12(8-17(5)6)15-14-16-13(9-18-14)11(3)4/h10-13H,7-9H2,1-6H3,(H,15,16). The van der Waals surface area contributed by atoms with Crippen molar-refractivity contribution in [3.05, 3.63) is 0 Å². The summed E-state index contributed by atoms with van der Waals surface area (Å²) in [5.41, 5.74) is 0. The fourth-order valence-corrected chi connectivity index (χ4v) is 3.42. The first-order valence-electron chi connectivity index (χ1n) is 7.00. The van der Waals surface area contributed by atoms with E-state index in [9.17, 15) is 0 Å². The molecule has 0 amide bonds. The van der Waals surface area contributed by atoms with Crippen LogP contribution in [0.25, 0.3) is 0 Å². The second-order valence-electron chi connectivity index (χ2n) is 6.29. The van der Waals surface area contributed by atoms with Crippen molar-refractivity contribution in [1.29, 1.82) is 0 Å². The van der Waals surface area contributed by atoms with Crippen molar-refractivity contribution in [3.8, 4) is 0 Å².